The van der Waals surface area contributed by atoms with Crippen molar-refractivity contribution in [2.24, 2.45) is 0 Å². The molecule has 1 aliphatic rings. The van der Waals surface area contributed by atoms with Crippen LogP contribution in [0.25, 0.3) is 0 Å². The molecule has 1 aromatic heterocycles. The Hall–Kier alpha value is -2.18. The summed E-state index contributed by atoms with van der Waals surface area (Å²) < 4.78 is 5.16. The fraction of sp³-hybridized carbons (Fsp3) is 0.400. The van der Waals surface area contributed by atoms with E-state index in [4.69, 9.17) is 4.74 Å². The highest BCUT2D eigenvalue weighted by Crippen LogP contribution is 2.34. The summed E-state index contributed by atoms with van der Waals surface area (Å²) in [4.78, 5) is 27.8. The minimum atomic E-state index is -0.353. The molecule has 0 bridgehead atoms. The molecule has 0 unspecified atom stereocenters. The first-order chi connectivity index (χ1) is 12.5. The van der Waals surface area contributed by atoms with Crippen molar-refractivity contribution >= 4 is 28.9 Å². The second kappa shape index (κ2) is 8.47. The number of anilines is 1. The summed E-state index contributed by atoms with van der Waals surface area (Å²) in [7, 11) is 0. The fourth-order valence-electron chi connectivity index (χ4n) is 3.18. The third-order valence-electron chi connectivity index (χ3n) is 4.33. The molecule has 0 aliphatic carbocycles. The van der Waals surface area contributed by atoms with Crippen molar-refractivity contribution in [2.75, 3.05) is 18.4 Å². The lowest BCUT2D eigenvalue weighted by molar-refractivity contribution is -0.117. The van der Waals surface area contributed by atoms with E-state index in [0.717, 1.165) is 19.4 Å². The lowest BCUT2D eigenvalue weighted by atomic mass is 10.2. The minimum absolute atomic E-state index is 0.0361. The van der Waals surface area contributed by atoms with E-state index in [1.165, 1.54) is 4.88 Å². The van der Waals surface area contributed by atoms with Crippen LogP contribution < -0.4 is 5.32 Å². The van der Waals surface area contributed by atoms with Crippen LogP contribution in [-0.2, 0) is 9.53 Å². The van der Waals surface area contributed by atoms with Gasteiger partial charge in [0, 0.05) is 16.6 Å². The van der Waals surface area contributed by atoms with Crippen LogP contribution >= 0.6 is 11.3 Å². The Morgan fingerprint density at radius 3 is 2.69 bits per heavy atom. The van der Waals surface area contributed by atoms with Crippen LogP contribution in [0.1, 0.15) is 48.0 Å². The summed E-state index contributed by atoms with van der Waals surface area (Å²) in [6.07, 6.45) is 2.06. The van der Waals surface area contributed by atoms with Crippen molar-refractivity contribution in [2.45, 2.75) is 38.8 Å². The average Bonchev–Trinajstić information content (AvgIpc) is 3.25. The van der Waals surface area contributed by atoms with E-state index in [1.807, 2.05) is 13.8 Å². The van der Waals surface area contributed by atoms with Crippen molar-refractivity contribution in [1.29, 1.82) is 0 Å². The monoisotopic (exact) mass is 372 g/mol. The van der Waals surface area contributed by atoms with E-state index in [9.17, 15) is 9.59 Å². The van der Waals surface area contributed by atoms with Gasteiger partial charge in [0.1, 0.15) is 0 Å². The van der Waals surface area contributed by atoms with Gasteiger partial charge in [0.05, 0.1) is 18.2 Å². The largest absolute Gasteiger partial charge is 0.459 e. The van der Waals surface area contributed by atoms with Gasteiger partial charge in [0.25, 0.3) is 0 Å². The smallest absolute Gasteiger partial charge is 0.338 e. The Morgan fingerprint density at radius 2 is 2.04 bits per heavy atom. The normalized spacial score (nSPS) is 17.4. The number of likely N-dealkylation sites (tertiary alicyclic amines) is 1. The van der Waals surface area contributed by atoms with Gasteiger partial charge in [0.15, 0.2) is 0 Å². The third kappa shape index (κ3) is 4.71. The van der Waals surface area contributed by atoms with Gasteiger partial charge < -0.3 is 10.1 Å². The maximum absolute atomic E-state index is 12.4. The zero-order valence-electron chi connectivity index (χ0n) is 15.1. The average molecular weight is 372 g/mol. The summed E-state index contributed by atoms with van der Waals surface area (Å²) in [5.41, 5.74) is 1.16. The first-order valence-electron chi connectivity index (χ1n) is 8.91. The van der Waals surface area contributed by atoms with E-state index in [2.05, 4.69) is 27.7 Å². The molecule has 1 amide bonds. The molecule has 0 radical (unpaired) electrons. The maximum Gasteiger partial charge on any atom is 0.338 e. The molecule has 0 saturated carbocycles. The predicted molar refractivity (Wildman–Crippen MR) is 103 cm³/mol. The Morgan fingerprint density at radius 1 is 1.27 bits per heavy atom. The summed E-state index contributed by atoms with van der Waals surface area (Å²) in [5.74, 6) is -0.389. The molecule has 1 aromatic carbocycles. The van der Waals surface area contributed by atoms with Gasteiger partial charge in [-0.05, 0) is 68.9 Å². The van der Waals surface area contributed by atoms with Crippen molar-refractivity contribution < 1.29 is 14.3 Å². The van der Waals surface area contributed by atoms with Crippen molar-refractivity contribution in [1.82, 2.24) is 4.90 Å². The highest BCUT2D eigenvalue weighted by Gasteiger charge is 2.28. The topological polar surface area (TPSA) is 58.6 Å². The number of rotatable bonds is 6. The summed E-state index contributed by atoms with van der Waals surface area (Å²) in [5, 5.41) is 4.99. The first kappa shape index (κ1) is 18.6. The molecule has 6 heteroatoms. The van der Waals surface area contributed by atoms with Gasteiger partial charge in [-0.2, -0.15) is 0 Å². The second-order valence-corrected chi connectivity index (χ2v) is 7.70. The summed E-state index contributed by atoms with van der Waals surface area (Å²) >= 11 is 1.75. The molecule has 138 valence electrons. The van der Waals surface area contributed by atoms with Crippen LogP contribution in [0.3, 0.4) is 0 Å². The number of carbonyl (C=O) groups is 2. The number of amides is 1. The van der Waals surface area contributed by atoms with Gasteiger partial charge in [-0.25, -0.2) is 4.79 Å². The predicted octanol–water partition coefficient (Wildman–Crippen LogP) is 4.09. The molecule has 5 nitrogen and oxygen atoms in total. The minimum Gasteiger partial charge on any atom is -0.459 e. The lowest BCUT2D eigenvalue weighted by Crippen LogP contribution is -2.32. The van der Waals surface area contributed by atoms with Crippen LogP contribution in [0.5, 0.6) is 0 Å². The molecule has 3 rings (SSSR count). The Labute approximate surface area is 158 Å². The number of benzene rings is 1. The molecule has 1 atom stereocenters. The number of thiophene rings is 1. The van der Waals surface area contributed by atoms with E-state index in [-0.39, 0.29) is 18.0 Å². The van der Waals surface area contributed by atoms with E-state index in [1.54, 1.807) is 35.6 Å². The van der Waals surface area contributed by atoms with E-state index in [0.29, 0.717) is 23.8 Å². The Kier molecular flexibility index (Phi) is 6.06. The number of ether oxygens (including phenoxy) is 1. The second-order valence-electron chi connectivity index (χ2n) is 6.72. The number of hydrogen-bond donors (Lipinski definition) is 1. The number of nitrogens with one attached hydrogen (secondary N) is 1. The summed E-state index contributed by atoms with van der Waals surface area (Å²) in [6.45, 7) is 4.94. The molecule has 1 N–H and O–H groups in total. The van der Waals surface area contributed by atoms with Gasteiger partial charge >= 0.3 is 5.97 Å². The quantitative estimate of drug-likeness (QED) is 0.776. The highest BCUT2D eigenvalue weighted by molar-refractivity contribution is 7.10. The first-order valence-corrected chi connectivity index (χ1v) is 9.79. The van der Waals surface area contributed by atoms with E-state index >= 15 is 0 Å². The fourth-order valence-corrected chi connectivity index (χ4v) is 4.07. The molecule has 0 spiro atoms. The van der Waals surface area contributed by atoms with Crippen LogP contribution in [0.4, 0.5) is 5.69 Å². The molecular formula is C20H24N2O3S. The van der Waals surface area contributed by atoms with E-state index < -0.39 is 0 Å². The standard InChI is InChI=1S/C20H24N2O3S/c1-14(2)25-20(24)15-7-9-16(10-8-15)21-19(23)13-22-11-3-5-17(22)18-6-4-12-26-18/h4,6-10,12,14,17H,3,5,11,13H2,1-2H3,(H,21,23)/t17-/m1/s1. The number of esters is 1. The van der Waals surface area contributed by atoms with Crippen LogP contribution in [0.15, 0.2) is 41.8 Å². The molecule has 1 saturated heterocycles. The lowest BCUT2D eigenvalue weighted by Gasteiger charge is -2.22. The number of carbonyl (C=O) groups excluding carboxylic acids is 2. The maximum atomic E-state index is 12.4. The zero-order chi connectivity index (χ0) is 18.5. The molecule has 1 aliphatic heterocycles. The number of hydrogen-bond acceptors (Lipinski definition) is 5. The van der Waals surface area contributed by atoms with Gasteiger partial charge in [-0.15, -0.1) is 11.3 Å². The summed E-state index contributed by atoms with van der Waals surface area (Å²) in [6, 6.07) is 11.3. The molecule has 2 aromatic rings. The molecular weight excluding hydrogens is 348 g/mol. The van der Waals surface area contributed by atoms with Crippen molar-refractivity contribution in [3.8, 4) is 0 Å². The van der Waals surface area contributed by atoms with Crippen LogP contribution in [0.2, 0.25) is 0 Å². The highest BCUT2D eigenvalue weighted by atomic mass is 32.1. The van der Waals surface area contributed by atoms with Crippen molar-refractivity contribution in [3.05, 3.63) is 52.2 Å². The van der Waals surface area contributed by atoms with Crippen LogP contribution in [-0.4, -0.2) is 36.0 Å². The molecule has 1 fully saturated rings. The Balaban J connectivity index is 1.55. The van der Waals surface area contributed by atoms with Gasteiger partial charge in [0.2, 0.25) is 5.91 Å². The SMILES string of the molecule is CC(C)OC(=O)c1ccc(NC(=O)CN2CCC[C@@H]2c2cccs2)cc1. The molecule has 26 heavy (non-hydrogen) atoms. The third-order valence-corrected chi connectivity index (χ3v) is 5.30. The molecule has 2 heterocycles. The van der Waals surface area contributed by atoms with Gasteiger partial charge in [-0.1, -0.05) is 6.07 Å². The van der Waals surface area contributed by atoms with Crippen molar-refractivity contribution in [3.63, 3.8) is 0 Å². The Bertz CT molecular complexity index is 741. The zero-order valence-corrected chi connectivity index (χ0v) is 15.9. The van der Waals surface area contributed by atoms with Gasteiger partial charge in [-0.3, -0.25) is 9.69 Å². The number of nitrogens with zero attached hydrogens (tertiary/aromatic N) is 1. The van der Waals surface area contributed by atoms with Crippen LogP contribution in [0, 0.1) is 0 Å².